The number of carbonyl (C=O) groups excluding carboxylic acids is 2. The van der Waals surface area contributed by atoms with E-state index in [4.69, 9.17) is 14.2 Å². The molecule has 0 bridgehead atoms. The van der Waals surface area contributed by atoms with Crippen molar-refractivity contribution in [1.82, 2.24) is 0 Å². The molecule has 0 aromatic rings. The van der Waals surface area contributed by atoms with E-state index in [2.05, 4.69) is 63.7 Å². The predicted molar refractivity (Wildman–Crippen MR) is 70.6 cm³/mol. The summed E-state index contributed by atoms with van der Waals surface area (Å²) in [5.74, 6) is -1.10. The minimum atomic E-state index is -0.944. The largest absolute Gasteiger partial charge is 0.426 e. The van der Waals surface area contributed by atoms with Crippen molar-refractivity contribution in [3.63, 3.8) is 0 Å². The Bertz CT molecular complexity index is 427. The fraction of sp³-hybridized carbons (Fsp3) is 0.250. The van der Waals surface area contributed by atoms with Crippen LogP contribution in [0.5, 0.6) is 0 Å². The van der Waals surface area contributed by atoms with E-state index in [9.17, 15) is 9.59 Å². The summed E-state index contributed by atoms with van der Waals surface area (Å²) in [4.78, 5) is 22.4. The van der Waals surface area contributed by atoms with Crippen molar-refractivity contribution in [3.8, 4) is 0 Å². The van der Waals surface area contributed by atoms with Gasteiger partial charge in [0.25, 0.3) is 0 Å². The second-order valence-corrected chi connectivity index (χ2v) is 6.23. The number of halogens is 4. The Balaban J connectivity index is 2.11. The first-order valence-corrected chi connectivity index (χ1v) is 7.26. The van der Waals surface area contributed by atoms with Gasteiger partial charge >= 0.3 is 11.9 Å². The standard InChI is InChI=1S/C8H2Br4O5/c9-1-3(11)7(15-5(1)13)17-8-4(12)2(10)6(14)16-8/h7-8H/t7-,8-/m1/s1. The van der Waals surface area contributed by atoms with Crippen LogP contribution in [0.25, 0.3) is 0 Å². The molecule has 0 aromatic heterocycles. The van der Waals surface area contributed by atoms with Crippen molar-refractivity contribution in [1.29, 1.82) is 0 Å². The first-order chi connectivity index (χ1) is 7.91. The SMILES string of the molecule is O=C1O[C@H](O[C@H]2OC(=O)C(Br)=C2Br)C(Br)=C1Br. The van der Waals surface area contributed by atoms with Gasteiger partial charge in [-0.05, 0) is 63.7 Å². The van der Waals surface area contributed by atoms with E-state index in [1.54, 1.807) is 0 Å². The molecule has 2 rings (SSSR count). The lowest BCUT2D eigenvalue weighted by Crippen LogP contribution is -2.24. The maximum absolute atomic E-state index is 11.2. The van der Waals surface area contributed by atoms with Gasteiger partial charge < -0.3 is 9.47 Å². The van der Waals surface area contributed by atoms with Crippen LogP contribution in [-0.2, 0) is 23.8 Å². The average molecular weight is 498 g/mol. The first-order valence-electron chi connectivity index (χ1n) is 4.09. The van der Waals surface area contributed by atoms with E-state index in [1.165, 1.54) is 0 Å². The number of cyclic esters (lactones) is 2. The van der Waals surface area contributed by atoms with Crippen LogP contribution < -0.4 is 0 Å². The lowest BCUT2D eigenvalue weighted by molar-refractivity contribution is -0.200. The fourth-order valence-corrected chi connectivity index (χ4v) is 2.38. The van der Waals surface area contributed by atoms with Crippen LogP contribution in [0.2, 0.25) is 0 Å². The molecule has 2 aliphatic rings. The van der Waals surface area contributed by atoms with Crippen molar-refractivity contribution >= 4 is 75.7 Å². The number of rotatable bonds is 2. The van der Waals surface area contributed by atoms with Crippen LogP contribution in [0.4, 0.5) is 0 Å². The number of esters is 2. The summed E-state index contributed by atoms with van der Waals surface area (Å²) in [5.41, 5.74) is 0. The molecule has 92 valence electrons. The molecule has 5 nitrogen and oxygen atoms in total. The highest BCUT2D eigenvalue weighted by Crippen LogP contribution is 2.37. The Morgan fingerprint density at radius 1 is 0.824 bits per heavy atom. The number of ether oxygens (including phenoxy) is 3. The normalized spacial score (nSPS) is 28.9. The first kappa shape index (κ1) is 13.7. The molecule has 0 unspecified atom stereocenters. The zero-order valence-electron chi connectivity index (χ0n) is 7.71. The van der Waals surface area contributed by atoms with Gasteiger partial charge in [-0.2, -0.15) is 0 Å². The van der Waals surface area contributed by atoms with Gasteiger partial charge in [0.1, 0.15) is 8.96 Å². The Hall–Kier alpha value is 0.300. The third-order valence-corrected chi connectivity index (χ3v) is 5.97. The molecular formula is C8H2Br4O5. The lowest BCUT2D eigenvalue weighted by atomic mass is 10.5. The molecule has 0 aliphatic carbocycles. The molecule has 0 aromatic carbocycles. The van der Waals surface area contributed by atoms with E-state index in [-0.39, 0.29) is 8.96 Å². The summed E-state index contributed by atoms with van der Waals surface area (Å²) >= 11 is 12.4. The molecule has 0 spiro atoms. The van der Waals surface area contributed by atoms with Gasteiger partial charge in [0.2, 0.25) is 12.6 Å². The molecule has 0 saturated heterocycles. The van der Waals surface area contributed by atoms with E-state index in [0.717, 1.165) is 0 Å². The third kappa shape index (κ3) is 2.53. The Morgan fingerprint density at radius 2 is 1.18 bits per heavy atom. The van der Waals surface area contributed by atoms with E-state index in [1.807, 2.05) is 0 Å². The molecule has 0 amide bonds. The van der Waals surface area contributed by atoms with Crippen molar-refractivity contribution in [2.24, 2.45) is 0 Å². The molecule has 9 heteroatoms. The average Bonchev–Trinajstić information content (AvgIpc) is 2.66. The molecule has 0 fully saturated rings. The summed E-state index contributed by atoms with van der Waals surface area (Å²) in [6.07, 6.45) is -1.89. The predicted octanol–water partition coefficient (Wildman–Crippen LogP) is 2.77. The topological polar surface area (TPSA) is 61.8 Å². The summed E-state index contributed by atoms with van der Waals surface area (Å²) in [7, 11) is 0. The molecule has 2 atom stereocenters. The number of hydrogen-bond donors (Lipinski definition) is 0. The van der Waals surface area contributed by atoms with Gasteiger partial charge in [0.15, 0.2) is 0 Å². The van der Waals surface area contributed by atoms with Crippen molar-refractivity contribution in [3.05, 3.63) is 17.9 Å². The second-order valence-electron chi connectivity index (χ2n) is 2.93. The van der Waals surface area contributed by atoms with Crippen LogP contribution in [0, 0.1) is 0 Å². The highest BCUT2D eigenvalue weighted by molar-refractivity contribution is 9.14. The summed E-state index contributed by atoms with van der Waals surface area (Å²) < 4.78 is 16.4. The van der Waals surface area contributed by atoms with Gasteiger partial charge in [-0.3, -0.25) is 4.74 Å². The van der Waals surface area contributed by atoms with Crippen LogP contribution >= 0.6 is 63.7 Å². The van der Waals surface area contributed by atoms with Crippen LogP contribution in [0.1, 0.15) is 0 Å². The molecule has 0 saturated carbocycles. The lowest BCUT2D eigenvalue weighted by Gasteiger charge is -2.16. The summed E-state index contributed by atoms with van der Waals surface area (Å²) in [6, 6.07) is 0. The van der Waals surface area contributed by atoms with E-state index in [0.29, 0.717) is 8.96 Å². The molecule has 0 radical (unpaired) electrons. The molecular weight excluding hydrogens is 496 g/mol. The smallest absolute Gasteiger partial charge is 0.348 e. The fourth-order valence-electron chi connectivity index (χ4n) is 1.09. The van der Waals surface area contributed by atoms with Crippen LogP contribution in [-0.4, -0.2) is 24.5 Å². The Morgan fingerprint density at radius 3 is 1.41 bits per heavy atom. The molecule has 17 heavy (non-hydrogen) atoms. The van der Waals surface area contributed by atoms with Gasteiger partial charge in [0.05, 0.1) is 8.96 Å². The minimum Gasteiger partial charge on any atom is -0.426 e. The zero-order chi connectivity index (χ0) is 12.7. The highest BCUT2D eigenvalue weighted by Gasteiger charge is 2.39. The third-order valence-electron chi connectivity index (χ3n) is 1.87. The highest BCUT2D eigenvalue weighted by atomic mass is 79.9. The summed E-state index contributed by atoms with van der Waals surface area (Å²) in [5, 5.41) is 0. The van der Waals surface area contributed by atoms with E-state index < -0.39 is 24.5 Å². The molecule has 0 N–H and O–H groups in total. The van der Waals surface area contributed by atoms with E-state index >= 15 is 0 Å². The van der Waals surface area contributed by atoms with Gasteiger partial charge in [-0.1, -0.05) is 0 Å². The summed E-state index contributed by atoms with van der Waals surface area (Å²) in [6.45, 7) is 0. The minimum absolute atomic E-state index is 0.242. The number of carbonyl (C=O) groups is 2. The Labute approximate surface area is 129 Å². The van der Waals surface area contributed by atoms with Gasteiger partial charge in [-0.25, -0.2) is 9.59 Å². The number of hydrogen-bond acceptors (Lipinski definition) is 5. The molecule has 2 aliphatic heterocycles. The van der Waals surface area contributed by atoms with Gasteiger partial charge in [0, 0.05) is 0 Å². The maximum Gasteiger partial charge on any atom is 0.348 e. The van der Waals surface area contributed by atoms with Crippen molar-refractivity contribution < 1.29 is 23.8 Å². The van der Waals surface area contributed by atoms with Crippen LogP contribution in [0.15, 0.2) is 17.9 Å². The molecule has 2 heterocycles. The van der Waals surface area contributed by atoms with Gasteiger partial charge in [-0.15, -0.1) is 0 Å². The monoisotopic (exact) mass is 494 g/mol. The maximum atomic E-state index is 11.2. The second kappa shape index (κ2) is 5.12. The Kier molecular flexibility index (Phi) is 4.13. The van der Waals surface area contributed by atoms with Crippen molar-refractivity contribution in [2.45, 2.75) is 12.6 Å². The zero-order valence-corrected chi connectivity index (χ0v) is 14.1. The van der Waals surface area contributed by atoms with Crippen molar-refractivity contribution in [2.75, 3.05) is 0 Å². The quantitative estimate of drug-likeness (QED) is 0.549. The van der Waals surface area contributed by atoms with Crippen LogP contribution in [0.3, 0.4) is 0 Å².